The Bertz CT molecular complexity index is 751. The van der Waals surface area contributed by atoms with Crippen molar-refractivity contribution >= 4 is 6.29 Å². The molecular weight excluding hydrogens is 328 g/mol. The number of hydrogen-bond acceptors (Lipinski definition) is 7. The lowest BCUT2D eigenvalue weighted by Crippen LogP contribution is -2.49. The van der Waals surface area contributed by atoms with Gasteiger partial charge in [0.05, 0.1) is 35.5 Å². The quantitative estimate of drug-likeness (QED) is 0.496. The van der Waals surface area contributed by atoms with Crippen molar-refractivity contribution in [3.63, 3.8) is 0 Å². The number of methoxy groups -OCH3 is 1. The molecule has 1 aromatic rings. The monoisotopic (exact) mass is 346 g/mol. The fourth-order valence-electron chi connectivity index (χ4n) is 4.17. The number of aliphatic hydroxyl groups excluding tert-OH is 1. The number of hydrogen-bond donors (Lipinski definition) is 1. The zero-order valence-corrected chi connectivity index (χ0v) is 13.6. The molecule has 1 fully saturated rings. The topological polar surface area (TPSA) is 97.7 Å². The first kappa shape index (κ1) is 16.0. The number of fused-ring (bicyclic) bond motifs is 2. The minimum absolute atomic E-state index is 0.0830. The summed E-state index contributed by atoms with van der Waals surface area (Å²) in [5.41, 5.74) is 0.0444. The van der Waals surface area contributed by atoms with Gasteiger partial charge < -0.3 is 19.3 Å². The minimum atomic E-state index is -0.944. The third kappa shape index (κ3) is 2.17. The summed E-state index contributed by atoms with van der Waals surface area (Å²) >= 11 is 0. The molecule has 0 spiro atoms. The van der Waals surface area contributed by atoms with Crippen molar-refractivity contribution in [2.45, 2.75) is 30.1 Å². The zero-order valence-electron chi connectivity index (χ0n) is 13.6. The number of ether oxygens (including phenoxy) is 3. The van der Waals surface area contributed by atoms with Gasteiger partial charge in [-0.25, -0.2) is 0 Å². The Labute approximate surface area is 143 Å². The van der Waals surface area contributed by atoms with Crippen molar-refractivity contribution in [1.29, 1.82) is 0 Å². The lowest BCUT2D eigenvalue weighted by Gasteiger charge is -2.41. The maximum absolute atomic E-state index is 11.7. The standard InChI is InChI=1S/C17H18N2O6/c1-23-11-2-3-17(15(5-11)19(18-22)7-16(17)21)12-6-14-13(24-9-25-14)4-10(12)8-20/h2-4,6,8,11,15-16,21H,5,7,9H2,1H3. The first-order valence-electron chi connectivity index (χ1n) is 8.03. The van der Waals surface area contributed by atoms with E-state index in [4.69, 9.17) is 14.2 Å². The SMILES string of the molecule is COC1C=CC2(c3cc4c(cc3C=O)OCO4)C(O)CN(N=O)C2C1. The van der Waals surface area contributed by atoms with Gasteiger partial charge in [0, 0.05) is 19.1 Å². The highest BCUT2D eigenvalue weighted by molar-refractivity contribution is 5.81. The van der Waals surface area contributed by atoms with Crippen LogP contribution in [0.25, 0.3) is 0 Å². The molecule has 132 valence electrons. The van der Waals surface area contributed by atoms with E-state index in [0.717, 1.165) is 6.29 Å². The molecule has 8 nitrogen and oxygen atoms in total. The minimum Gasteiger partial charge on any atom is -0.454 e. The Kier molecular flexibility index (Phi) is 3.73. The Morgan fingerprint density at radius 1 is 1.40 bits per heavy atom. The van der Waals surface area contributed by atoms with Gasteiger partial charge in [-0.15, -0.1) is 4.91 Å². The van der Waals surface area contributed by atoms with Crippen molar-refractivity contribution < 1.29 is 24.1 Å². The molecule has 0 aromatic heterocycles. The van der Waals surface area contributed by atoms with Gasteiger partial charge in [-0.2, -0.15) is 0 Å². The summed E-state index contributed by atoms with van der Waals surface area (Å²) in [6.07, 6.45) is 3.79. The molecule has 2 heterocycles. The molecule has 0 amide bonds. The van der Waals surface area contributed by atoms with E-state index in [1.807, 2.05) is 12.2 Å². The van der Waals surface area contributed by atoms with E-state index in [1.54, 1.807) is 19.2 Å². The second-order valence-corrected chi connectivity index (χ2v) is 6.45. The molecule has 1 aromatic carbocycles. The first-order chi connectivity index (χ1) is 12.1. The molecule has 0 bridgehead atoms. The predicted molar refractivity (Wildman–Crippen MR) is 86.5 cm³/mol. The summed E-state index contributed by atoms with van der Waals surface area (Å²) < 4.78 is 16.2. The second-order valence-electron chi connectivity index (χ2n) is 6.45. The predicted octanol–water partition coefficient (Wildman–Crippen LogP) is 1.17. The molecule has 4 unspecified atom stereocenters. The summed E-state index contributed by atoms with van der Waals surface area (Å²) in [6, 6.07) is 2.90. The van der Waals surface area contributed by atoms with Gasteiger partial charge in [0.15, 0.2) is 17.8 Å². The highest BCUT2D eigenvalue weighted by Crippen LogP contribution is 2.49. The van der Waals surface area contributed by atoms with Crippen LogP contribution < -0.4 is 9.47 Å². The number of β-amino-alcohol motifs (C(OH)–C–C–N with tert-alkyl or cyclic N) is 1. The number of rotatable bonds is 4. The third-order valence-corrected chi connectivity index (χ3v) is 5.41. The Morgan fingerprint density at radius 2 is 2.16 bits per heavy atom. The van der Waals surface area contributed by atoms with E-state index in [1.165, 1.54) is 5.01 Å². The second kappa shape index (κ2) is 5.82. The fourth-order valence-corrected chi connectivity index (χ4v) is 4.17. The fraction of sp³-hybridized carbons (Fsp3) is 0.471. The lowest BCUT2D eigenvalue weighted by atomic mass is 9.67. The van der Waals surface area contributed by atoms with Crippen molar-refractivity contribution in [3.8, 4) is 11.5 Å². The average molecular weight is 346 g/mol. The Hall–Kier alpha value is -2.45. The van der Waals surface area contributed by atoms with Gasteiger partial charge in [0.1, 0.15) is 0 Å². The van der Waals surface area contributed by atoms with E-state index in [2.05, 4.69) is 5.29 Å². The van der Waals surface area contributed by atoms with E-state index in [9.17, 15) is 14.8 Å². The largest absolute Gasteiger partial charge is 0.454 e. The number of carbonyl (C=O) groups excluding carboxylic acids is 1. The van der Waals surface area contributed by atoms with E-state index >= 15 is 0 Å². The van der Waals surface area contributed by atoms with Gasteiger partial charge in [0.25, 0.3) is 0 Å². The van der Waals surface area contributed by atoms with Crippen LogP contribution in [-0.4, -0.2) is 55.1 Å². The first-order valence-corrected chi connectivity index (χ1v) is 8.03. The number of carbonyl (C=O) groups is 1. The van der Waals surface area contributed by atoms with Gasteiger partial charge in [-0.3, -0.25) is 9.80 Å². The zero-order chi connectivity index (χ0) is 17.6. The van der Waals surface area contributed by atoms with Crippen molar-refractivity contribution in [2.24, 2.45) is 5.29 Å². The molecule has 25 heavy (non-hydrogen) atoms. The van der Waals surface area contributed by atoms with Crippen LogP contribution in [0.3, 0.4) is 0 Å². The third-order valence-electron chi connectivity index (χ3n) is 5.41. The van der Waals surface area contributed by atoms with Crippen LogP contribution in [0.5, 0.6) is 11.5 Å². The Balaban J connectivity index is 1.92. The summed E-state index contributed by atoms with van der Waals surface area (Å²) in [5.74, 6) is 1.01. The van der Waals surface area contributed by atoms with Crippen LogP contribution >= 0.6 is 0 Å². The summed E-state index contributed by atoms with van der Waals surface area (Å²) in [6.45, 7) is 0.168. The lowest BCUT2D eigenvalue weighted by molar-refractivity contribution is 0.0736. The summed E-state index contributed by atoms with van der Waals surface area (Å²) in [4.78, 5) is 23.0. The molecule has 0 radical (unpaired) electrons. The van der Waals surface area contributed by atoms with Crippen LogP contribution in [0.4, 0.5) is 0 Å². The van der Waals surface area contributed by atoms with Gasteiger partial charge >= 0.3 is 0 Å². The van der Waals surface area contributed by atoms with Crippen molar-refractivity contribution in [2.75, 3.05) is 20.4 Å². The normalized spacial score (nSPS) is 32.6. The molecule has 3 aliphatic rings. The molecule has 4 rings (SSSR count). The van der Waals surface area contributed by atoms with E-state index < -0.39 is 17.6 Å². The van der Waals surface area contributed by atoms with E-state index in [-0.39, 0.29) is 19.4 Å². The van der Waals surface area contributed by atoms with E-state index in [0.29, 0.717) is 29.0 Å². The molecular formula is C17H18N2O6. The molecule has 2 aliphatic heterocycles. The van der Waals surface area contributed by atoms with Crippen LogP contribution in [0.1, 0.15) is 22.3 Å². The average Bonchev–Trinajstić information content (AvgIpc) is 3.22. The van der Waals surface area contributed by atoms with Crippen molar-refractivity contribution in [1.82, 2.24) is 5.01 Å². The van der Waals surface area contributed by atoms with Crippen LogP contribution in [0.15, 0.2) is 29.6 Å². The number of aldehydes is 1. The smallest absolute Gasteiger partial charge is 0.231 e. The number of nitrogens with zero attached hydrogens (tertiary/aromatic N) is 2. The van der Waals surface area contributed by atoms with Gasteiger partial charge in [-0.1, -0.05) is 12.2 Å². The van der Waals surface area contributed by atoms with Crippen LogP contribution in [0.2, 0.25) is 0 Å². The molecule has 4 atom stereocenters. The molecule has 8 heteroatoms. The highest BCUT2D eigenvalue weighted by Gasteiger charge is 2.57. The molecule has 0 saturated carbocycles. The highest BCUT2D eigenvalue weighted by atomic mass is 16.7. The number of nitroso groups, excluding NO2 is 1. The van der Waals surface area contributed by atoms with Gasteiger partial charge in [0.2, 0.25) is 6.79 Å². The number of benzene rings is 1. The molecule has 1 aliphatic carbocycles. The maximum atomic E-state index is 11.7. The van der Waals surface area contributed by atoms with Gasteiger partial charge in [-0.05, 0) is 17.7 Å². The van der Waals surface area contributed by atoms with Crippen molar-refractivity contribution in [3.05, 3.63) is 40.3 Å². The van der Waals surface area contributed by atoms with Crippen LogP contribution in [0, 0.1) is 4.91 Å². The summed E-state index contributed by atoms with van der Waals surface area (Å²) in [7, 11) is 1.59. The summed E-state index contributed by atoms with van der Waals surface area (Å²) in [5, 5.41) is 15.2. The maximum Gasteiger partial charge on any atom is 0.231 e. The number of aliphatic hydroxyl groups is 1. The van der Waals surface area contributed by atoms with Crippen LogP contribution in [-0.2, 0) is 10.2 Å². The molecule has 1 saturated heterocycles. The Morgan fingerprint density at radius 3 is 2.84 bits per heavy atom. The molecule has 1 N–H and O–H groups in total.